The molecule has 0 atom stereocenters. The lowest BCUT2D eigenvalue weighted by atomic mass is 10.1. The van der Waals surface area contributed by atoms with Crippen LogP contribution in [0.25, 0.3) is 10.6 Å². The Hall–Kier alpha value is -2.69. The monoisotopic (exact) mass is 468 g/mol. The first-order valence-electron chi connectivity index (χ1n) is 9.25. The van der Waals surface area contributed by atoms with E-state index in [0.717, 1.165) is 23.5 Å². The van der Waals surface area contributed by atoms with Gasteiger partial charge in [-0.2, -0.15) is 13.2 Å². The lowest BCUT2D eigenvalue weighted by Gasteiger charge is -2.31. The average molecular weight is 469 g/mol. The smallest absolute Gasteiger partial charge is 0.378 e. The first-order chi connectivity index (χ1) is 14.8. The van der Waals surface area contributed by atoms with Crippen molar-refractivity contribution in [2.24, 2.45) is 0 Å². The van der Waals surface area contributed by atoms with Crippen molar-refractivity contribution in [3.8, 4) is 10.6 Å². The van der Waals surface area contributed by atoms with Crippen molar-refractivity contribution in [1.82, 2.24) is 9.97 Å². The molecule has 0 saturated carbocycles. The molecule has 3 aromatic rings. The average Bonchev–Trinajstić information content (AvgIpc) is 3.16. The Morgan fingerprint density at radius 1 is 1.23 bits per heavy atom. The maximum atomic E-state index is 13.3. The van der Waals surface area contributed by atoms with E-state index in [4.69, 9.17) is 16.3 Å². The van der Waals surface area contributed by atoms with Gasteiger partial charge in [-0.1, -0.05) is 11.6 Å². The number of halogens is 4. The van der Waals surface area contributed by atoms with Gasteiger partial charge in [-0.15, -0.1) is 11.3 Å². The lowest BCUT2D eigenvalue weighted by Crippen LogP contribution is -2.36. The summed E-state index contributed by atoms with van der Waals surface area (Å²) in [5.74, 6) is -0.633. The minimum Gasteiger partial charge on any atom is -0.378 e. The van der Waals surface area contributed by atoms with Crippen LogP contribution in [-0.4, -0.2) is 42.2 Å². The molecule has 0 unspecified atom stereocenters. The summed E-state index contributed by atoms with van der Waals surface area (Å²) >= 11 is 7.20. The summed E-state index contributed by atoms with van der Waals surface area (Å²) < 4.78 is 45.1. The van der Waals surface area contributed by atoms with E-state index in [1.165, 1.54) is 6.07 Å². The van der Waals surface area contributed by atoms with E-state index >= 15 is 0 Å². The number of rotatable bonds is 4. The largest absolute Gasteiger partial charge is 0.416 e. The van der Waals surface area contributed by atoms with Crippen molar-refractivity contribution in [2.75, 3.05) is 36.5 Å². The number of nitrogens with one attached hydrogen (secondary N) is 1. The molecule has 1 fully saturated rings. The molecule has 2 aromatic heterocycles. The summed E-state index contributed by atoms with van der Waals surface area (Å²) in [6.07, 6.45) is -1.36. The number of aromatic nitrogens is 2. The number of alkyl halides is 3. The van der Waals surface area contributed by atoms with Gasteiger partial charge >= 0.3 is 6.18 Å². The van der Waals surface area contributed by atoms with E-state index in [9.17, 15) is 18.0 Å². The Bertz CT molecular complexity index is 1090. The third kappa shape index (κ3) is 4.81. The maximum absolute atomic E-state index is 13.3. The number of carbonyl (C=O) groups is 1. The van der Waals surface area contributed by atoms with Crippen LogP contribution in [0.1, 0.15) is 15.2 Å². The van der Waals surface area contributed by atoms with E-state index in [1.54, 1.807) is 24.5 Å². The molecule has 0 spiro atoms. The fourth-order valence-corrected chi connectivity index (χ4v) is 4.30. The lowest BCUT2D eigenvalue weighted by molar-refractivity contribution is -0.137. The molecule has 0 radical (unpaired) electrons. The van der Waals surface area contributed by atoms with Gasteiger partial charge in [0.1, 0.15) is 9.88 Å². The fourth-order valence-electron chi connectivity index (χ4n) is 3.13. The Morgan fingerprint density at radius 2 is 2.00 bits per heavy atom. The minimum atomic E-state index is -4.54. The van der Waals surface area contributed by atoms with Crippen molar-refractivity contribution in [3.05, 3.63) is 58.3 Å². The van der Waals surface area contributed by atoms with Crippen molar-refractivity contribution in [3.63, 3.8) is 0 Å². The molecule has 1 aliphatic heterocycles. The number of anilines is 2. The zero-order valence-corrected chi connectivity index (χ0v) is 17.5. The van der Waals surface area contributed by atoms with Gasteiger partial charge in [0.25, 0.3) is 5.91 Å². The van der Waals surface area contributed by atoms with E-state index in [0.29, 0.717) is 42.6 Å². The molecule has 0 aliphatic carbocycles. The minimum absolute atomic E-state index is 0.0266. The van der Waals surface area contributed by atoms with Crippen LogP contribution in [0.5, 0.6) is 0 Å². The molecule has 11 heteroatoms. The van der Waals surface area contributed by atoms with E-state index < -0.39 is 17.6 Å². The quantitative estimate of drug-likeness (QED) is 0.586. The molecular formula is C20H16ClF3N4O2S. The van der Waals surface area contributed by atoms with Gasteiger partial charge in [0.15, 0.2) is 5.15 Å². The Kier molecular flexibility index (Phi) is 6.12. The summed E-state index contributed by atoms with van der Waals surface area (Å²) in [5, 5.41) is 3.05. The summed E-state index contributed by atoms with van der Waals surface area (Å²) in [6, 6.07) is 6.79. The first-order valence-corrected chi connectivity index (χ1v) is 10.4. The van der Waals surface area contributed by atoms with Crippen LogP contribution < -0.4 is 10.2 Å². The second kappa shape index (κ2) is 8.81. The molecule has 162 valence electrons. The number of carbonyl (C=O) groups excluding carboxylic acids is 1. The highest BCUT2D eigenvalue weighted by Crippen LogP contribution is 2.37. The second-order valence-electron chi connectivity index (χ2n) is 6.66. The van der Waals surface area contributed by atoms with Gasteiger partial charge in [0.2, 0.25) is 0 Å². The zero-order chi connectivity index (χ0) is 22.0. The summed E-state index contributed by atoms with van der Waals surface area (Å²) in [6.45, 7) is 1.90. The number of thiazole rings is 1. The van der Waals surface area contributed by atoms with Crippen LogP contribution in [0, 0.1) is 0 Å². The Balaban J connectivity index is 1.66. The first kappa shape index (κ1) is 21.5. The number of hydrogen-bond acceptors (Lipinski definition) is 6. The summed E-state index contributed by atoms with van der Waals surface area (Å²) in [7, 11) is 0. The second-order valence-corrected chi connectivity index (χ2v) is 8.02. The van der Waals surface area contributed by atoms with E-state index in [1.807, 2.05) is 4.90 Å². The highest BCUT2D eigenvalue weighted by Gasteiger charge is 2.32. The van der Waals surface area contributed by atoms with Gasteiger partial charge in [0, 0.05) is 31.0 Å². The van der Waals surface area contributed by atoms with Crippen molar-refractivity contribution in [2.45, 2.75) is 6.18 Å². The Morgan fingerprint density at radius 3 is 2.68 bits per heavy atom. The molecule has 1 amide bonds. The van der Waals surface area contributed by atoms with Crippen LogP contribution >= 0.6 is 22.9 Å². The summed E-state index contributed by atoms with van der Waals surface area (Å²) in [4.78, 5) is 23.1. The molecule has 31 heavy (non-hydrogen) atoms. The maximum Gasteiger partial charge on any atom is 0.416 e. The molecule has 1 aromatic carbocycles. The third-order valence-electron chi connectivity index (χ3n) is 4.62. The van der Waals surface area contributed by atoms with Gasteiger partial charge in [0.05, 0.1) is 30.2 Å². The number of hydrogen-bond donors (Lipinski definition) is 1. The van der Waals surface area contributed by atoms with Crippen molar-refractivity contribution < 1.29 is 22.7 Å². The van der Waals surface area contributed by atoms with E-state index in [-0.39, 0.29) is 15.7 Å². The highest BCUT2D eigenvalue weighted by molar-refractivity contribution is 7.17. The predicted molar refractivity (Wildman–Crippen MR) is 113 cm³/mol. The highest BCUT2D eigenvalue weighted by atomic mass is 35.5. The van der Waals surface area contributed by atoms with Gasteiger partial charge in [-0.25, -0.2) is 4.98 Å². The number of nitrogens with zero attached hydrogens (tertiary/aromatic N) is 3. The molecule has 4 rings (SSSR count). The van der Waals surface area contributed by atoms with E-state index in [2.05, 4.69) is 15.3 Å². The number of pyridine rings is 1. The summed E-state index contributed by atoms with van der Waals surface area (Å²) in [5.41, 5.74) is 0.361. The number of morpholine rings is 1. The van der Waals surface area contributed by atoms with Crippen molar-refractivity contribution >= 4 is 40.2 Å². The van der Waals surface area contributed by atoms with Crippen LogP contribution in [0.2, 0.25) is 5.15 Å². The van der Waals surface area contributed by atoms with Crippen LogP contribution in [0.15, 0.2) is 42.7 Å². The fraction of sp³-hybridized carbons (Fsp3) is 0.250. The van der Waals surface area contributed by atoms with Gasteiger partial charge in [-0.3, -0.25) is 9.78 Å². The van der Waals surface area contributed by atoms with Crippen LogP contribution in [0.4, 0.5) is 24.5 Å². The van der Waals surface area contributed by atoms with Crippen LogP contribution in [-0.2, 0) is 10.9 Å². The molecule has 1 N–H and O–H groups in total. The molecule has 3 heterocycles. The SMILES string of the molecule is O=C(Nc1cc(C(F)(F)F)ccc1N1CCOCC1)c1sc(-c2cccnc2)nc1Cl. The molecule has 1 aliphatic rings. The third-order valence-corrected chi connectivity index (χ3v) is 6.11. The topological polar surface area (TPSA) is 67.4 Å². The normalized spacial score (nSPS) is 14.5. The standard InChI is InChI=1S/C20H16ClF3N4O2S/c21-17-16(31-19(27-17)12-2-1-5-25-11-12)18(29)26-14-10-13(20(22,23)24)3-4-15(14)28-6-8-30-9-7-28/h1-5,10-11H,6-9H2,(H,26,29). The van der Waals surface area contributed by atoms with Crippen LogP contribution in [0.3, 0.4) is 0 Å². The number of amides is 1. The molecule has 0 bridgehead atoms. The Labute approximate surface area is 184 Å². The number of ether oxygens (including phenoxy) is 1. The molecule has 6 nitrogen and oxygen atoms in total. The molecule has 1 saturated heterocycles. The van der Waals surface area contributed by atoms with Gasteiger partial charge < -0.3 is 15.0 Å². The van der Waals surface area contributed by atoms with Crippen molar-refractivity contribution in [1.29, 1.82) is 0 Å². The molecular weight excluding hydrogens is 453 g/mol. The number of benzene rings is 1. The predicted octanol–water partition coefficient (Wildman–Crippen LogP) is 4.97. The zero-order valence-electron chi connectivity index (χ0n) is 15.9. The van der Waals surface area contributed by atoms with Gasteiger partial charge in [-0.05, 0) is 30.3 Å².